The molecule has 0 bridgehead atoms. The molecule has 6 nitrogen and oxygen atoms in total. The molecule has 0 fully saturated rings. The molecule has 0 saturated heterocycles. The predicted octanol–water partition coefficient (Wildman–Crippen LogP) is 4.41. The molecule has 0 radical (unpaired) electrons. The highest BCUT2D eigenvalue weighted by atomic mass is 32.1. The van der Waals surface area contributed by atoms with Gasteiger partial charge >= 0.3 is 0 Å². The second kappa shape index (κ2) is 9.85. The van der Waals surface area contributed by atoms with Gasteiger partial charge in [0.1, 0.15) is 0 Å². The third-order valence-electron chi connectivity index (χ3n) is 4.17. The van der Waals surface area contributed by atoms with E-state index in [2.05, 4.69) is 34.4 Å². The zero-order valence-corrected chi connectivity index (χ0v) is 16.9. The molecule has 0 saturated carbocycles. The highest BCUT2D eigenvalue weighted by Gasteiger charge is 2.07. The Kier molecular flexibility index (Phi) is 6.97. The quantitative estimate of drug-likeness (QED) is 0.430. The second-order valence-corrected chi connectivity index (χ2v) is 6.63. The molecule has 2 aromatic carbocycles. The molecule has 1 aromatic heterocycles. The van der Waals surface area contributed by atoms with Crippen LogP contribution in [0.15, 0.2) is 53.6 Å². The van der Waals surface area contributed by atoms with E-state index in [9.17, 15) is 0 Å². The molecule has 1 N–H and O–H groups in total. The van der Waals surface area contributed by atoms with Crippen LogP contribution < -0.4 is 9.47 Å². The van der Waals surface area contributed by atoms with E-state index in [1.54, 1.807) is 18.0 Å². The second-order valence-electron chi connectivity index (χ2n) is 6.25. The van der Waals surface area contributed by atoms with E-state index in [0.717, 1.165) is 30.7 Å². The number of H-pyrrole nitrogens is 1. The van der Waals surface area contributed by atoms with Crippen molar-refractivity contribution < 1.29 is 9.47 Å². The van der Waals surface area contributed by atoms with E-state index in [-0.39, 0.29) is 0 Å². The van der Waals surface area contributed by atoms with E-state index in [1.165, 1.54) is 5.56 Å². The van der Waals surface area contributed by atoms with Gasteiger partial charge in [0.15, 0.2) is 17.3 Å². The van der Waals surface area contributed by atoms with E-state index >= 15 is 0 Å². The van der Waals surface area contributed by atoms with Crippen LogP contribution in [0.25, 0.3) is 0 Å². The lowest BCUT2D eigenvalue weighted by Crippen LogP contribution is -2.02. The van der Waals surface area contributed by atoms with Gasteiger partial charge in [-0.1, -0.05) is 37.3 Å². The lowest BCUT2D eigenvalue weighted by molar-refractivity contribution is 0.294. The van der Waals surface area contributed by atoms with Crippen LogP contribution >= 0.6 is 12.2 Å². The van der Waals surface area contributed by atoms with Gasteiger partial charge in [0.2, 0.25) is 4.77 Å². The third-order valence-corrected chi connectivity index (χ3v) is 4.43. The first-order valence-corrected chi connectivity index (χ1v) is 9.67. The van der Waals surface area contributed by atoms with Crippen molar-refractivity contribution >= 4 is 18.4 Å². The summed E-state index contributed by atoms with van der Waals surface area (Å²) in [6, 6.07) is 16.0. The van der Waals surface area contributed by atoms with Crippen LogP contribution in [0.5, 0.6) is 11.5 Å². The number of aromatic amines is 1. The highest BCUT2D eigenvalue weighted by Crippen LogP contribution is 2.27. The van der Waals surface area contributed by atoms with E-state index in [0.29, 0.717) is 22.9 Å². The molecule has 0 aliphatic carbocycles. The molecule has 0 amide bonds. The summed E-state index contributed by atoms with van der Waals surface area (Å²) in [5.41, 5.74) is 2.14. The van der Waals surface area contributed by atoms with Crippen molar-refractivity contribution in [1.29, 1.82) is 0 Å². The van der Waals surface area contributed by atoms with Gasteiger partial charge < -0.3 is 9.47 Å². The molecule has 28 heavy (non-hydrogen) atoms. The van der Waals surface area contributed by atoms with Crippen LogP contribution in [0.4, 0.5) is 0 Å². The Morgan fingerprint density at radius 3 is 2.71 bits per heavy atom. The first kappa shape index (κ1) is 19.8. The van der Waals surface area contributed by atoms with Gasteiger partial charge in [0, 0.05) is 6.42 Å². The maximum Gasteiger partial charge on any atom is 0.216 e. The van der Waals surface area contributed by atoms with Gasteiger partial charge in [-0.15, -0.1) is 0 Å². The Bertz CT molecular complexity index is 980. The van der Waals surface area contributed by atoms with E-state index in [1.807, 2.05) is 36.4 Å². The number of rotatable bonds is 9. The summed E-state index contributed by atoms with van der Waals surface area (Å²) in [4.78, 5) is 0. The van der Waals surface area contributed by atoms with Gasteiger partial charge in [-0.2, -0.15) is 14.9 Å². The Morgan fingerprint density at radius 2 is 1.96 bits per heavy atom. The van der Waals surface area contributed by atoms with Crippen molar-refractivity contribution in [3.05, 3.63) is 70.3 Å². The zero-order valence-electron chi connectivity index (χ0n) is 16.1. The van der Waals surface area contributed by atoms with Gasteiger partial charge in [-0.3, -0.25) is 5.10 Å². The van der Waals surface area contributed by atoms with Crippen LogP contribution in [-0.2, 0) is 12.8 Å². The van der Waals surface area contributed by atoms with Crippen molar-refractivity contribution in [3.63, 3.8) is 0 Å². The summed E-state index contributed by atoms with van der Waals surface area (Å²) < 4.78 is 13.2. The van der Waals surface area contributed by atoms with Crippen LogP contribution in [-0.4, -0.2) is 34.8 Å². The number of ether oxygens (including phenoxy) is 2. The van der Waals surface area contributed by atoms with Crippen molar-refractivity contribution in [2.24, 2.45) is 5.10 Å². The Hall–Kier alpha value is -2.93. The number of methoxy groups -OCH3 is 1. The molecule has 0 aliphatic heterocycles. The van der Waals surface area contributed by atoms with Crippen LogP contribution in [0.2, 0.25) is 0 Å². The molecule has 146 valence electrons. The maximum absolute atomic E-state index is 5.76. The number of aryl methyl sites for hydroxylation is 2. The Morgan fingerprint density at radius 1 is 1.14 bits per heavy atom. The summed E-state index contributed by atoms with van der Waals surface area (Å²) in [5, 5.41) is 11.7. The average Bonchev–Trinajstić information content (AvgIpc) is 3.09. The van der Waals surface area contributed by atoms with Gasteiger partial charge in [0.05, 0.1) is 19.9 Å². The van der Waals surface area contributed by atoms with Crippen molar-refractivity contribution in [2.75, 3.05) is 13.7 Å². The van der Waals surface area contributed by atoms with Gasteiger partial charge in [0.25, 0.3) is 0 Å². The Balaban J connectivity index is 1.77. The molecule has 3 aromatic rings. The minimum atomic E-state index is 0.468. The standard InChI is InChI=1S/C21H24N4O2S/c1-3-13-27-19-14-17(9-11-18(19)26-2)15-22-25-20(23-24-21(25)28)12-10-16-7-5-4-6-8-16/h4-9,11,14-15H,3,10,12-13H2,1-2H3,(H,24,28)/b22-15-. The lowest BCUT2D eigenvalue weighted by atomic mass is 10.1. The first-order chi connectivity index (χ1) is 13.7. The molecule has 1 heterocycles. The maximum atomic E-state index is 5.76. The number of aromatic nitrogens is 3. The molecule has 7 heteroatoms. The molecule has 0 unspecified atom stereocenters. The fraction of sp³-hybridized carbons (Fsp3) is 0.286. The average molecular weight is 397 g/mol. The summed E-state index contributed by atoms with van der Waals surface area (Å²) in [6.07, 6.45) is 4.28. The number of nitrogens with one attached hydrogen (secondary N) is 1. The topological polar surface area (TPSA) is 64.4 Å². The minimum Gasteiger partial charge on any atom is -0.493 e. The highest BCUT2D eigenvalue weighted by molar-refractivity contribution is 7.71. The molecule has 0 atom stereocenters. The van der Waals surface area contributed by atoms with E-state index < -0.39 is 0 Å². The summed E-state index contributed by atoms with van der Waals surface area (Å²) >= 11 is 5.33. The SMILES string of the molecule is CCCOc1cc(/C=N\n2c(CCc3ccccc3)n[nH]c2=S)ccc1OC. The largest absolute Gasteiger partial charge is 0.493 e. The minimum absolute atomic E-state index is 0.468. The number of benzene rings is 2. The number of hydrogen-bond donors (Lipinski definition) is 1. The van der Waals surface area contributed by atoms with Gasteiger partial charge in [-0.05, 0) is 54.4 Å². The molecular weight excluding hydrogens is 372 g/mol. The smallest absolute Gasteiger partial charge is 0.216 e. The molecular formula is C21H24N4O2S. The molecule has 3 rings (SSSR count). The predicted molar refractivity (Wildman–Crippen MR) is 113 cm³/mol. The van der Waals surface area contributed by atoms with Crippen molar-refractivity contribution in [2.45, 2.75) is 26.2 Å². The first-order valence-electron chi connectivity index (χ1n) is 9.26. The van der Waals surface area contributed by atoms with Crippen molar-refractivity contribution in [3.8, 4) is 11.5 Å². The van der Waals surface area contributed by atoms with E-state index in [4.69, 9.17) is 21.7 Å². The zero-order chi connectivity index (χ0) is 19.8. The summed E-state index contributed by atoms with van der Waals surface area (Å²) in [7, 11) is 1.63. The van der Waals surface area contributed by atoms with Crippen LogP contribution in [0.1, 0.15) is 30.3 Å². The third kappa shape index (κ3) is 5.07. The van der Waals surface area contributed by atoms with Crippen LogP contribution in [0.3, 0.4) is 0 Å². The van der Waals surface area contributed by atoms with Crippen LogP contribution in [0, 0.1) is 4.77 Å². The lowest BCUT2D eigenvalue weighted by Gasteiger charge is -2.10. The number of nitrogens with zero attached hydrogens (tertiary/aromatic N) is 3. The fourth-order valence-corrected chi connectivity index (χ4v) is 2.93. The monoisotopic (exact) mass is 396 g/mol. The normalized spacial score (nSPS) is 11.1. The summed E-state index contributed by atoms with van der Waals surface area (Å²) in [6.45, 7) is 2.70. The summed E-state index contributed by atoms with van der Waals surface area (Å²) in [5.74, 6) is 2.20. The fourth-order valence-electron chi connectivity index (χ4n) is 2.73. The molecule has 0 spiro atoms. The Labute approximate surface area is 169 Å². The number of hydrogen-bond acceptors (Lipinski definition) is 5. The van der Waals surface area contributed by atoms with Gasteiger partial charge in [-0.25, -0.2) is 0 Å². The van der Waals surface area contributed by atoms with Crippen molar-refractivity contribution in [1.82, 2.24) is 14.9 Å². The molecule has 0 aliphatic rings.